The number of imide groups is 1. The normalized spacial score (nSPS) is 16.2. The van der Waals surface area contributed by atoms with Gasteiger partial charge in [0.1, 0.15) is 17.8 Å². The number of anilines is 1. The van der Waals surface area contributed by atoms with Gasteiger partial charge >= 0.3 is 6.03 Å². The van der Waals surface area contributed by atoms with Crippen molar-refractivity contribution < 1.29 is 23.9 Å². The van der Waals surface area contributed by atoms with Crippen molar-refractivity contribution in [3.63, 3.8) is 0 Å². The van der Waals surface area contributed by atoms with Gasteiger partial charge in [0.15, 0.2) is 0 Å². The molecule has 1 fully saturated rings. The fraction of sp³-hybridized carbons (Fsp3) is 0.273. The number of nitrogens with zero attached hydrogens (tertiary/aromatic N) is 1. The maximum Gasteiger partial charge on any atom is 0.322 e. The molecule has 1 saturated heterocycles. The number of aryl methyl sites for hydroxylation is 1. The van der Waals surface area contributed by atoms with Gasteiger partial charge in [-0.3, -0.25) is 19.7 Å². The molecule has 2 aromatic rings. The summed E-state index contributed by atoms with van der Waals surface area (Å²) >= 11 is 0. The van der Waals surface area contributed by atoms with Crippen LogP contribution in [0.15, 0.2) is 48.5 Å². The highest BCUT2D eigenvalue weighted by atomic mass is 16.5. The van der Waals surface area contributed by atoms with Crippen molar-refractivity contribution in [1.82, 2.24) is 15.5 Å². The topological polar surface area (TPSA) is 117 Å². The second-order valence-electron chi connectivity index (χ2n) is 7.26. The number of carbonyl (C=O) groups excluding carboxylic acids is 4. The molecule has 0 bridgehead atoms. The van der Waals surface area contributed by atoms with Crippen molar-refractivity contribution >= 4 is 29.4 Å². The number of nitrogens with one attached hydrogen (secondary N) is 3. The Morgan fingerprint density at radius 3 is 2.29 bits per heavy atom. The zero-order chi connectivity index (χ0) is 22.5. The summed E-state index contributed by atoms with van der Waals surface area (Å²) < 4.78 is 5.12. The third-order valence-corrected chi connectivity index (χ3v) is 5.02. The van der Waals surface area contributed by atoms with E-state index in [1.54, 1.807) is 43.5 Å². The minimum absolute atomic E-state index is 0.258. The van der Waals surface area contributed by atoms with Crippen LogP contribution >= 0.6 is 0 Å². The predicted molar refractivity (Wildman–Crippen MR) is 113 cm³/mol. The van der Waals surface area contributed by atoms with Crippen LogP contribution in [-0.2, 0) is 14.4 Å². The smallest absolute Gasteiger partial charge is 0.322 e. The number of benzene rings is 2. The Kier molecular flexibility index (Phi) is 6.54. The number of hydrogen-bond acceptors (Lipinski definition) is 5. The molecule has 0 aliphatic carbocycles. The Hall–Kier alpha value is -3.88. The molecule has 1 heterocycles. The molecule has 2 aromatic carbocycles. The van der Waals surface area contributed by atoms with Crippen molar-refractivity contribution in [3.8, 4) is 5.75 Å². The first-order chi connectivity index (χ1) is 14.8. The van der Waals surface area contributed by atoms with Crippen molar-refractivity contribution in [1.29, 1.82) is 0 Å². The van der Waals surface area contributed by atoms with Crippen molar-refractivity contribution in [2.24, 2.45) is 0 Å². The van der Waals surface area contributed by atoms with E-state index >= 15 is 0 Å². The van der Waals surface area contributed by atoms with Gasteiger partial charge in [0.05, 0.1) is 13.5 Å². The zero-order valence-corrected chi connectivity index (χ0v) is 17.5. The van der Waals surface area contributed by atoms with Crippen LogP contribution in [0.2, 0.25) is 0 Å². The molecule has 0 radical (unpaired) electrons. The molecule has 0 aromatic heterocycles. The van der Waals surface area contributed by atoms with Gasteiger partial charge in [0.25, 0.3) is 11.8 Å². The van der Waals surface area contributed by atoms with Crippen LogP contribution < -0.4 is 20.7 Å². The molecule has 9 nitrogen and oxygen atoms in total. The van der Waals surface area contributed by atoms with Crippen LogP contribution in [0.1, 0.15) is 23.6 Å². The Morgan fingerprint density at radius 2 is 1.74 bits per heavy atom. The summed E-state index contributed by atoms with van der Waals surface area (Å²) in [7, 11) is 3.05. The molecule has 1 aliphatic rings. The maximum absolute atomic E-state index is 13.2. The highest BCUT2D eigenvalue weighted by Gasteiger charge is 2.35. The number of urea groups is 1. The molecule has 0 saturated carbocycles. The van der Waals surface area contributed by atoms with E-state index in [9.17, 15) is 19.2 Å². The monoisotopic (exact) mass is 424 g/mol. The van der Waals surface area contributed by atoms with Crippen molar-refractivity contribution in [3.05, 3.63) is 59.7 Å². The molecule has 0 unspecified atom stereocenters. The summed E-state index contributed by atoms with van der Waals surface area (Å²) in [6.07, 6.45) is -0.258. The van der Waals surface area contributed by atoms with Crippen LogP contribution in [0.5, 0.6) is 5.75 Å². The maximum atomic E-state index is 13.2. The number of likely N-dealkylation sites (N-methyl/N-ethyl adjacent to an activating group) is 1. The van der Waals surface area contributed by atoms with E-state index < -0.39 is 35.8 Å². The molecule has 2 atom stereocenters. The number of rotatable bonds is 7. The van der Waals surface area contributed by atoms with E-state index in [0.29, 0.717) is 17.0 Å². The van der Waals surface area contributed by atoms with E-state index in [-0.39, 0.29) is 6.42 Å². The van der Waals surface area contributed by atoms with Gasteiger partial charge in [-0.15, -0.1) is 0 Å². The average Bonchev–Trinajstić information content (AvgIpc) is 3.06. The summed E-state index contributed by atoms with van der Waals surface area (Å²) in [6, 6.07) is 11.5. The predicted octanol–water partition coefficient (Wildman–Crippen LogP) is 1.74. The number of carbonyl (C=O) groups is 4. The Morgan fingerprint density at radius 1 is 1.10 bits per heavy atom. The molecule has 1 aliphatic heterocycles. The SMILES string of the molecule is COc1ccc(NC(=O)[C@H](c2ccc(C)cc2)N(C)C(=O)C[C@@H]2NC(=O)NC2=O)cc1. The van der Waals surface area contributed by atoms with Crippen molar-refractivity contribution in [2.75, 3.05) is 19.5 Å². The highest BCUT2D eigenvalue weighted by molar-refractivity contribution is 6.06. The van der Waals surface area contributed by atoms with E-state index in [1.807, 2.05) is 19.1 Å². The lowest BCUT2D eigenvalue weighted by Crippen LogP contribution is -2.42. The van der Waals surface area contributed by atoms with Gasteiger partial charge in [0.2, 0.25) is 5.91 Å². The number of amides is 5. The molecule has 0 spiro atoms. The van der Waals surface area contributed by atoms with Crippen LogP contribution in [0.3, 0.4) is 0 Å². The number of hydrogen-bond donors (Lipinski definition) is 3. The largest absolute Gasteiger partial charge is 0.497 e. The van der Waals surface area contributed by atoms with Gasteiger partial charge < -0.3 is 20.3 Å². The van der Waals surface area contributed by atoms with Gasteiger partial charge in [-0.2, -0.15) is 0 Å². The minimum atomic E-state index is -0.967. The first kappa shape index (κ1) is 21.8. The van der Waals surface area contributed by atoms with Gasteiger partial charge in [-0.1, -0.05) is 29.8 Å². The van der Waals surface area contributed by atoms with E-state index in [2.05, 4.69) is 16.0 Å². The Labute approximate surface area is 179 Å². The lowest BCUT2D eigenvalue weighted by Gasteiger charge is -2.28. The fourth-order valence-corrected chi connectivity index (χ4v) is 3.25. The van der Waals surface area contributed by atoms with E-state index in [0.717, 1.165) is 5.56 Å². The number of ether oxygens (including phenoxy) is 1. The molecule has 9 heteroatoms. The fourth-order valence-electron chi connectivity index (χ4n) is 3.25. The second kappa shape index (κ2) is 9.29. The van der Waals surface area contributed by atoms with Gasteiger partial charge in [-0.05, 0) is 36.8 Å². The standard InChI is InChI=1S/C22H24N4O5/c1-13-4-6-14(7-5-13)19(21(29)23-15-8-10-16(31-3)11-9-15)26(2)18(27)12-17-20(28)25-22(30)24-17/h4-11,17,19H,12H2,1-3H3,(H,23,29)(H2,24,25,28,30)/t17-,19-/m0/s1. The zero-order valence-electron chi connectivity index (χ0n) is 17.5. The first-order valence-electron chi connectivity index (χ1n) is 9.67. The Bertz CT molecular complexity index is 988. The average molecular weight is 424 g/mol. The molecule has 31 heavy (non-hydrogen) atoms. The third kappa shape index (κ3) is 5.19. The van der Waals surface area contributed by atoms with E-state index in [4.69, 9.17) is 4.74 Å². The molecular formula is C22H24N4O5. The number of methoxy groups -OCH3 is 1. The van der Waals surface area contributed by atoms with Gasteiger partial charge in [0, 0.05) is 12.7 Å². The lowest BCUT2D eigenvalue weighted by atomic mass is 10.0. The van der Waals surface area contributed by atoms with Crippen LogP contribution in [0.4, 0.5) is 10.5 Å². The van der Waals surface area contributed by atoms with Gasteiger partial charge in [-0.25, -0.2) is 4.79 Å². The summed E-state index contributed by atoms with van der Waals surface area (Å²) in [5, 5.41) is 7.30. The quantitative estimate of drug-likeness (QED) is 0.586. The summed E-state index contributed by atoms with van der Waals surface area (Å²) in [5.74, 6) is -0.791. The molecule has 5 amide bonds. The lowest BCUT2D eigenvalue weighted by molar-refractivity contribution is -0.138. The summed E-state index contributed by atoms with van der Waals surface area (Å²) in [5.41, 5.74) is 2.18. The first-order valence-corrected chi connectivity index (χ1v) is 9.67. The van der Waals surface area contributed by atoms with Crippen molar-refractivity contribution in [2.45, 2.75) is 25.4 Å². The van der Waals surface area contributed by atoms with E-state index in [1.165, 1.54) is 11.9 Å². The molecular weight excluding hydrogens is 400 g/mol. The minimum Gasteiger partial charge on any atom is -0.497 e. The van der Waals surface area contributed by atoms with Crippen LogP contribution in [0, 0.1) is 6.92 Å². The molecule has 3 N–H and O–H groups in total. The van der Waals surface area contributed by atoms with Crippen LogP contribution in [0.25, 0.3) is 0 Å². The third-order valence-electron chi connectivity index (χ3n) is 5.02. The van der Waals surface area contributed by atoms with Crippen LogP contribution in [-0.4, -0.2) is 48.9 Å². The Balaban J connectivity index is 1.81. The molecule has 162 valence electrons. The summed E-state index contributed by atoms with van der Waals surface area (Å²) in [4.78, 5) is 50.4. The highest BCUT2D eigenvalue weighted by Crippen LogP contribution is 2.24. The molecule has 3 rings (SSSR count). The second-order valence-corrected chi connectivity index (χ2v) is 7.26. The summed E-state index contributed by atoms with van der Waals surface area (Å²) in [6.45, 7) is 1.92.